The second-order valence-corrected chi connectivity index (χ2v) is 7.31. The first kappa shape index (κ1) is 41.3. The Labute approximate surface area is 244 Å². The number of hydrogen-bond donors (Lipinski definition) is 1. The summed E-state index contributed by atoms with van der Waals surface area (Å²) in [4.78, 5) is 21.6. The molecule has 0 saturated heterocycles. The molecular formula is C28H43Li2N3OS-4. The Balaban J connectivity index is -0.000000390. The fourth-order valence-electron chi connectivity index (χ4n) is 2.71. The van der Waals surface area contributed by atoms with Crippen molar-refractivity contribution >= 4 is 44.2 Å². The summed E-state index contributed by atoms with van der Waals surface area (Å²) in [7, 11) is 0. The van der Waals surface area contributed by atoms with Gasteiger partial charge in [0.05, 0.1) is 15.2 Å². The molecule has 0 bridgehead atoms. The number of unbranched alkanes of at least 4 members (excludes halogenated alkanes) is 2. The molecule has 2 aromatic heterocycles. The van der Waals surface area contributed by atoms with Gasteiger partial charge < -0.3 is 53.3 Å². The molecule has 0 unspecified atom stereocenters. The summed E-state index contributed by atoms with van der Waals surface area (Å²) in [5.74, 6) is 0.583. The first-order chi connectivity index (χ1) is 16.1. The number of aryl methyl sites for hydroxylation is 1. The quantitative estimate of drug-likeness (QED) is 0.319. The number of hydrogen-bond acceptors (Lipinski definition) is 4. The molecule has 0 aliphatic rings. The van der Waals surface area contributed by atoms with Crippen molar-refractivity contribution < 1.29 is 42.5 Å². The molecule has 7 heteroatoms. The van der Waals surface area contributed by atoms with Crippen molar-refractivity contribution in [3.05, 3.63) is 70.8 Å². The number of pyridine rings is 1. The number of aromatic nitrogens is 2. The number of carbonyl (C=O) groups is 1. The molecule has 1 amide bonds. The number of thiazole rings is 1. The van der Waals surface area contributed by atoms with Crippen LogP contribution in [0.15, 0.2) is 24.3 Å². The van der Waals surface area contributed by atoms with Crippen molar-refractivity contribution in [3.63, 3.8) is 0 Å². The first-order valence-corrected chi connectivity index (χ1v) is 12.4. The Morgan fingerprint density at radius 2 is 1.51 bits per heavy atom. The number of fused-ring (bicyclic) bond motifs is 3. The van der Waals surface area contributed by atoms with Crippen LogP contribution in [-0.4, -0.2) is 15.9 Å². The zero-order chi connectivity index (χ0) is 25.6. The van der Waals surface area contributed by atoms with Crippen LogP contribution in [0.5, 0.6) is 0 Å². The number of rotatable bonds is 7. The first-order valence-electron chi connectivity index (χ1n) is 11.6. The van der Waals surface area contributed by atoms with Crippen LogP contribution in [0.2, 0.25) is 0 Å². The molecule has 0 atom stereocenters. The van der Waals surface area contributed by atoms with Gasteiger partial charge >= 0.3 is 37.7 Å². The smallest absolute Gasteiger partial charge is 0.372 e. The number of nitrogens with one attached hydrogen (secondary N) is 1. The molecular weight excluding hydrogens is 440 g/mol. The van der Waals surface area contributed by atoms with Crippen LogP contribution in [0.25, 0.3) is 21.1 Å². The monoisotopic (exact) mass is 483 g/mol. The van der Waals surface area contributed by atoms with Gasteiger partial charge in [0.1, 0.15) is 5.52 Å². The third kappa shape index (κ3) is 15.1. The maximum atomic E-state index is 12.2. The molecule has 0 fully saturated rings. The van der Waals surface area contributed by atoms with Crippen LogP contribution in [0.1, 0.15) is 71.2 Å². The topological polar surface area (TPSA) is 54.9 Å². The Kier molecular flexibility index (Phi) is 32.8. The van der Waals surface area contributed by atoms with Gasteiger partial charge in [-0.15, -0.1) is 11.3 Å². The van der Waals surface area contributed by atoms with Crippen LogP contribution in [0, 0.1) is 41.5 Å². The van der Waals surface area contributed by atoms with E-state index in [1.165, 1.54) is 0 Å². The number of benzene rings is 1. The minimum atomic E-state index is -0.00225. The fraction of sp³-hybridized carbons (Fsp3) is 0.393. The van der Waals surface area contributed by atoms with Crippen LogP contribution in [-0.2, 0) is 11.2 Å². The molecule has 4 nitrogen and oxygen atoms in total. The van der Waals surface area contributed by atoms with E-state index in [4.69, 9.17) is 4.98 Å². The SMILES string of the molecule is [CH2-]C.[CH2-]C.[CH2-]C.[CH2-]CCCCC(=O)Nc1nc2ccccc2c2sc(CCC)nc12.[CH2-]C[CH2-].[Li+].[Li+]. The van der Waals surface area contributed by atoms with Gasteiger partial charge in [0.15, 0.2) is 5.82 Å². The summed E-state index contributed by atoms with van der Waals surface area (Å²) in [6, 6.07) is 8.03. The number of carbonyl (C=O) groups excluding carboxylic acids is 1. The van der Waals surface area contributed by atoms with Crippen molar-refractivity contribution in [2.75, 3.05) is 5.32 Å². The second kappa shape index (κ2) is 27.8. The van der Waals surface area contributed by atoms with E-state index in [1.807, 2.05) is 18.2 Å². The Bertz CT molecular complexity index is 885. The zero-order valence-electron chi connectivity index (χ0n) is 23.2. The van der Waals surface area contributed by atoms with Crippen molar-refractivity contribution in [3.8, 4) is 0 Å². The number of nitrogens with zero attached hydrogens (tertiary/aromatic N) is 2. The van der Waals surface area contributed by atoms with E-state index in [9.17, 15) is 4.79 Å². The minimum Gasteiger partial charge on any atom is -0.372 e. The molecule has 35 heavy (non-hydrogen) atoms. The molecule has 0 saturated carbocycles. The normalized spacial score (nSPS) is 8.74. The molecule has 2 heterocycles. The Morgan fingerprint density at radius 3 is 2.06 bits per heavy atom. The minimum absolute atomic E-state index is 0. The van der Waals surface area contributed by atoms with Gasteiger partial charge in [0, 0.05) is 11.8 Å². The largest absolute Gasteiger partial charge is 1.00 e. The van der Waals surface area contributed by atoms with Gasteiger partial charge in [0.25, 0.3) is 0 Å². The average Bonchev–Trinajstić information content (AvgIpc) is 3.28. The second-order valence-electron chi connectivity index (χ2n) is 6.23. The maximum absolute atomic E-state index is 12.2. The Morgan fingerprint density at radius 1 is 0.943 bits per heavy atom. The predicted octanol–water partition coefficient (Wildman–Crippen LogP) is 2.70. The average molecular weight is 484 g/mol. The molecule has 0 spiro atoms. The standard InChI is InChI=1S/C19H22N3OS.C3H6.3C2H5.2Li/c1-3-5-6-12-15(23)21-19-17-18(24-16(22-17)9-4-2)13-10-7-8-11-14(13)20-19;1-3-2;3*1-2;;/h7-8,10-11H,1,3-6,9,12H2,2H3,(H,20,21,23);1-3H2;3*1H2,2H3;;/q-1;-2;3*-1;2*+1. The number of anilines is 1. The van der Waals surface area contributed by atoms with Gasteiger partial charge in [0.2, 0.25) is 5.91 Å². The van der Waals surface area contributed by atoms with Crippen molar-refractivity contribution in [1.29, 1.82) is 0 Å². The van der Waals surface area contributed by atoms with Gasteiger partial charge in [-0.3, -0.25) is 4.79 Å². The van der Waals surface area contributed by atoms with E-state index < -0.39 is 0 Å². The molecule has 0 aliphatic carbocycles. The summed E-state index contributed by atoms with van der Waals surface area (Å²) >= 11 is 1.70. The van der Waals surface area contributed by atoms with Gasteiger partial charge in [-0.05, 0) is 25.3 Å². The van der Waals surface area contributed by atoms with E-state index in [0.717, 1.165) is 64.7 Å². The van der Waals surface area contributed by atoms with Crippen LogP contribution >= 0.6 is 11.3 Å². The van der Waals surface area contributed by atoms with E-state index in [1.54, 1.807) is 32.1 Å². The van der Waals surface area contributed by atoms with Crippen molar-refractivity contribution in [2.24, 2.45) is 0 Å². The van der Waals surface area contributed by atoms with E-state index in [0.29, 0.717) is 12.2 Å². The summed E-state index contributed by atoms with van der Waals surface area (Å²) in [6.07, 6.45) is 5.92. The van der Waals surface area contributed by atoms with Gasteiger partial charge in [-0.2, -0.15) is 27.2 Å². The van der Waals surface area contributed by atoms with Crippen LogP contribution in [0.4, 0.5) is 5.82 Å². The molecule has 3 rings (SSSR count). The van der Waals surface area contributed by atoms with Crippen molar-refractivity contribution in [1.82, 2.24) is 9.97 Å². The third-order valence-electron chi connectivity index (χ3n) is 3.90. The zero-order valence-corrected chi connectivity index (χ0v) is 24.0. The maximum Gasteiger partial charge on any atom is 1.00 e. The molecule has 0 aliphatic heterocycles. The summed E-state index contributed by atoms with van der Waals surface area (Å²) < 4.78 is 1.11. The number of para-hydroxylation sites is 1. The summed E-state index contributed by atoms with van der Waals surface area (Å²) in [6.45, 7) is 27.7. The molecule has 188 valence electrons. The van der Waals surface area contributed by atoms with Crippen LogP contribution < -0.4 is 43.0 Å². The van der Waals surface area contributed by atoms with Crippen molar-refractivity contribution in [2.45, 2.75) is 72.6 Å². The summed E-state index contributed by atoms with van der Waals surface area (Å²) in [5, 5.41) is 5.16. The fourth-order valence-corrected chi connectivity index (χ4v) is 3.91. The van der Waals surface area contributed by atoms with E-state index in [-0.39, 0.29) is 43.6 Å². The molecule has 1 N–H and O–H groups in total. The van der Waals surface area contributed by atoms with Gasteiger partial charge in [-0.1, -0.05) is 31.5 Å². The molecule has 1 aromatic carbocycles. The number of amides is 1. The van der Waals surface area contributed by atoms with E-state index >= 15 is 0 Å². The summed E-state index contributed by atoms with van der Waals surface area (Å²) in [5.41, 5.74) is 1.71. The van der Waals surface area contributed by atoms with Crippen LogP contribution in [0.3, 0.4) is 0 Å². The Hall–Kier alpha value is -0.815. The molecule has 3 aromatic rings. The molecule has 0 radical (unpaired) electrons. The van der Waals surface area contributed by atoms with Gasteiger partial charge in [-0.25, -0.2) is 9.97 Å². The van der Waals surface area contributed by atoms with E-state index in [2.05, 4.69) is 64.8 Å². The predicted molar refractivity (Wildman–Crippen MR) is 150 cm³/mol. The third-order valence-corrected chi connectivity index (χ3v) is 5.05.